The second kappa shape index (κ2) is 12.7. The van der Waals surface area contributed by atoms with E-state index in [0.29, 0.717) is 33.7 Å². The van der Waals surface area contributed by atoms with E-state index in [9.17, 15) is 29.1 Å². The molecule has 1 N–H and O–H groups in total. The molecule has 264 valence electrons. The molecule has 3 aliphatic rings. The number of aryl methyl sites for hydroxylation is 2. The lowest BCUT2D eigenvalue weighted by Crippen LogP contribution is -2.40. The fourth-order valence-corrected chi connectivity index (χ4v) is 7.83. The number of carbonyl (C=O) groups excluding carboxylic acids is 2. The molecule has 2 aromatic heterocycles. The van der Waals surface area contributed by atoms with Gasteiger partial charge in [0, 0.05) is 61.7 Å². The Morgan fingerprint density at radius 3 is 2.20 bits per heavy atom. The molecule has 0 bridgehead atoms. The van der Waals surface area contributed by atoms with E-state index in [0.717, 1.165) is 4.57 Å². The molecule has 0 saturated heterocycles. The van der Waals surface area contributed by atoms with Gasteiger partial charge in [-0.3, -0.25) is 14.4 Å². The molecule has 16 heteroatoms. The number of allylic oxidation sites excluding steroid dienone is 6. The molecule has 2 atom stereocenters. The number of hydrogen-bond acceptors (Lipinski definition) is 11. The number of fused-ring (bicyclic) bond motifs is 4. The van der Waals surface area contributed by atoms with Crippen molar-refractivity contribution in [1.29, 1.82) is 0 Å². The minimum Gasteiger partial charge on any atom is -0.502 e. The number of phenols is 1. The maximum absolute atomic E-state index is 14.2. The zero-order valence-corrected chi connectivity index (χ0v) is 30.3. The normalized spacial score (nSPS) is 18.2. The van der Waals surface area contributed by atoms with Crippen molar-refractivity contribution in [2.24, 2.45) is 7.05 Å². The van der Waals surface area contributed by atoms with E-state index in [2.05, 4.69) is 4.98 Å². The van der Waals surface area contributed by atoms with Crippen LogP contribution in [0.25, 0.3) is 11.0 Å². The molecule has 7 rings (SSSR count). The average Bonchev–Trinajstić information content (AvgIpc) is 3.38. The molecule has 0 fully saturated rings. The van der Waals surface area contributed by atoms with Crippen molar-refractivity contribution < 1.29 is 33.6 Å². The van der Waals surface area contributed by atoms with Gasteiger partial charge >= 0.3 is 11.4 Å². The van der Waals surface area contributed by atoms with Crippen molar-refractivity contribution in [2.75, 3.05) is 28.4 Å². The molecule has 0 unspecified atom stereocenters. The number of carbonyl (C=O) groups is 2. The Morgan fingerprint density at radius 2 is 1.55 bits per heavy atom. The van der Waals surface area contributed by atoms with Crippen LogP contribution in [-0.2, 0) is 36.1 Å². The third-order valence-corrected chi connectivity index (χ3v) is 10.5. The number of benzene rings is 2. The molecule has 2 aliphatic carbocycles. The predicted molar refractivity (Wildman–Crippen MR) is 192 cm³/mol. The van der Waals surface area contributed by atoms with Crippen LogP contribution in [0.5, 0.6) is 28.7 Å². The highest BCUT2D eigenvalue weighted by Crippen LogP contribution is 2.52. The number of rotatable bonds is 8. The number of ketones is 2. The van der Waals surface area contributed by atoms with Crippen LogP contribution < -0.4 is 35.9 Å². The monoisotopic (exact) mass is 809 g/mol. The van der Waals surface area contributed by atoms with Gasteiger partial charge in [0.2, 0.25) is 5.75 Å². The van der Waals surface area contributed by atoms with E-state index in [1.54, 1.807) is 37.4 Å². The Kier molecular flexibility index (Phi) is 8.51. The number of hydrogen-bond donors (Lipinski definition) is 1. The molecule has 1 aliphatic heterocycles. The number of Topliss-reactive ketones (excluding diaryl/α,β-unsaturated/α-hetero) is 1. The van der Waals surface area contributed by atoms with E-state index < -0.39 is 28.9 Å². The highest BCUT2D eigenvalue weighted by atomic mass is 127. The van der Waals surface area contributed by atoms with Crippen molar-refractivity contribution >= 4 is 45.2 Å². The van der Waals surface area contributed by atoms with Gasteiger partial charge < -0.3 is 28.6 Å². The number of nitrogens with zero attached hydrogens (tertiary/aromatic N) is 5. The van der Waals surface area contributed by atoms with Crippen LogP contribution in [-0.4, -0.2) is 68.6 Å². The van der Waals surface area contributed by atoms with E-state index in [1.165, 1.54) is 48.4 Å². The first-order valence-corrected chi connectivity index (χ1v) is 16.9. The van der Waals surface area contributed by atoms with Crippen LogP contribution in [0.4, 0.5) is 0 Å². The highest BCUT2D eigenvalue weighted by Gasteiger charge is 2.45. The summed E-state index contributed by atoms with van der Waals surface area (Å²) in [7, 11) is 7.34. The van der Waals surface area contributed by atoms with Crippen LogP contribution in [0.3, 0.4) is 0 Å². The first-order chi connectivity index (χ1) is 24.4. The molecular formula is C35H32IN5O10. The number of aromatic nitrogens is 5. The highest BCUT2D eigenvalue weighted by molar-refractivity contribution is 14.1. The number of ether oxygens (including phenoxy) is 4. The molecule has 2 aromatic carbocycles. The van der Waals surface area contributed by atoms with Crippen LogP contribution in [0.15, 0.2) is 71.1 Å². The van der Waals surface area contributed by atoms with Crippen molar-refractivity contribution in [2.45, 2.75) is 37.9 Å². The topological polar surface area (TPSA) is 175 Å². The van der Waals surface area contributed by atoms with Crippen LogP contribution >= 0.6 is 22.6 Å². The lowest BCUT2D eigenvalue weighted by Gasteiger charge is -2.39. The van der Waals surface area contributed by atoms with Gasteiger partial charge in [-0.25, -0.2) is 28.5 Å². The van der Waals surface area contributed by atoms with E-state index >= 15 is 0 Å². The van der Waals surface area contributed by atoms with E-state index in [1.807, 2.05) is 22.6 Å². The molecule has 0 spiro atoms. The van der Waals surface area contributed by atoms with E-state index in [-0.39, 0.29) is 75.2 Å². The zero-order valence-electron chi connectivity index (χ0n) is 28.2. The Labute approximate surface area is 302 Å². The summed E-state index contributed by atoms with van der Waals surface area (Å²) in [5, 5.41) is 10.6. The lowest BCUT2D eigenvalue weighted by atomic mass is 9.69. The Hall–Kier alpha value is -5.39. The van der Waals surface area contributed by atoms with Gasteiger partial charge in [-0.15, -0.1) is 0 Å². The molecule has 15 nitrogen and oxygen atoms in total. The van der Waals surface area contributed by atoms with Crippen molar-refractivity contribution in [3.8, 4) is 28.7 Å². The van der Waals surface area contributed by atoms with Gasteiger partial charge in [0.15, 0.2) is 34.6 Å². The quantitative estimate of drug-likeness (QED) is 0.157. The molecule has 0 radical (unpaired) electrons. The number of phenolic OH excluding ortho intramolecular Hbond substituents is 1. The Bertz CT molecular complexity index is 2460. The molecule has 0 amide bonds. The van der Waals surface area contributed by atoms with Gasteiger partial charge in [0.05, 0.1) is 55.6 Å². The maximum atomic E-state index is 14.2. The SMILES string of the molecule is COc1cc2nc(CCn3c(=O)n4n(c3=O)[C@@H]3CC5=C(C(=O)C(I)=CC5=O)[C@@H](c5cc(OC)c(O)c(OC)c5)C3=CC4)c(=O)n(C)c2cc1OC. The van der Waals surface area contributed by atoms with Gasteiger partial charge in [-0.1, -0.05) is 6.08 Å². The lowest BCUT2D eigenvalue weighted by molar-refractivity contribution is -0.115. The van der Waals surface area contributed by atoms with Crippen molar-refractivity contribution in [3.05, 3.63) is 99.3 Å². The zero-order chi connectivity index (χ0) is 36.5. The fourth-order valence-electron chi connectivity index (χ4n) is 7.26. The summed E-state index contributed by atoms with van der Waals surface area (Å²) in [5.74, 6) is -0.701. The smallest absolute Gasteiger partial charge is 0.347 e. The Balaban J connectivity index is 1.31. The van der Waals surface area contributed by atoms with Crippen molar-refractivity contribution in [3.63, 3.8) is 0 Å². The van der Waals surface area contributed by atoms with Crippen molar-refractivity contribution in [1.82, 2.24) is 23.5 Å². The van der Waals surface area contributed by atoms with Gasteiger partial charge in [0.1, 0.15) is 5.69 Å². The van der Waals surface area contributed by atoms with Gasteiger partial charge in [0.25, 0.3) is 5.56 Å². The third-order valence-electron chi connectivity index (χ3n) is 9.74. The summed E-state index contributed by atoms with van der Waals surface area (Å²) >= 11 is 1.84. The first kappa shape index (κ1) is 34.1. The van der Waals surface area contributed by atoms with E-state index in [4.69, 9.17) is 18.9 Å². The summed E-state index contributed by atoms with van der Waals surface area (Å²) in [6.45, 7) is -0.138. The van der Waals surface area contributed by atoms with Crippen LogP contribution in [0.2, 0.25) is 0 Å². The molecule has 3 heterocycles. The fraction of sp³-hybridized carbons (Fsp3) is 0.314. The van der Waals surface area contributed by atoms with Gasteiger partial charge in [-0.05, 0) is 45.9 Å². The Morgan fingerprint density at radius 1 is 0.902 bits per heavy atom. The largest absolute Gasteiger partial charge is 0.502 e. The summed E-state index contributed by atoms with van der Waals surface area (Å²) in [6.07, 6.45) is 3.04. The summed E-state index contributed by atoms with van der Waals surface area (Å²) < 4.78 is 26.9. The number of methoxy groups -OCH3 is 4. The molecule has 0 saturated carbocycles. The number of aromatic hydroxyl groups is 1. The van der Waals surface area contributed by atoms with Gasteiger partial charge in [-0.2, -0.15) is 0 Å². The maximum Gasteiger partial charge on any atom is 0.347 e. The summed E-state index contributed by atoms with van der Waals surface area (Å²) in [6, 6.07) is 5.64. The second-order valence-corrected chi connectivity index (χ2v) is 13.4. The average molecular weight is 810 g/mol. The first-order valence-electron chi connectivity index (χ1n) is 15.8. The molecule has 51 heavy (non-hydrogen) atoms. The standard InChI is InChI=1S/C35H32IN5O10/c1-38-23-15-26(49-3)25(48-2)14-21(23)37-20(33(38)45)7-8-39-34(46)40-9-6-17-22(41(40)35(39)47)12-18-24(42)13-19(36)31(43)30(18)29(17)16-10-27(50-4)32(44)28(11-16)51-5/h6,10-11,13-15,22,29,44H,7-9,12H2,1-5H3/t22-,29+/m1/s1. The molecule has 4 aromatic rings. The molecular weight excluding hydrogens is 777 g/mol. The summed E-state index contributed by atoms with van der Waals surface area (Å²) in [5.41, 5.74) is 1.12. The predicted octanol–water partition coefficient (Wildman–Crippen LogP) is 2.48. The number of halogens is 1. The third kappa shape index (κ3) is 5.22. The minimum atomic E-state index is -0.823. The second-order valence-electron chi connectivity index (χ2n) is 12.2. The van der Waals surface area contributed by atoms with Crippen LogP contribution in [0.1, 0.15) is 29.6 Å². The summed E-state index contributed by atoms with van der Waals surface area (Å²) in [4.78, 5) is 73.1. The van der Waals surface area contributed by atoms with Crippen LogP contribution in [0, 0.1) is 0 Å². The minimum absolute atomic E-state index is 0.00353.